The summed E-state index contributed by atoms with van der Waals surface area (Å²) in [6, 6.07) is 4.09. The van der Waals surface area contributed by atoms with Crippen LogP contribution in [0, 0.1) is 5.41 Å². The largest absolute Gasteiger partial charge is 0.397 e. The second-order valence-electron chi connectivity index (χ2n) is 6.77. The number of nitrogens with zero attached hydrogens (tertiary/aromatic N) is 1. The zero-order valence-corrected chi connectivity index (χ0v) is 12.3. The van der Waals surface area contributed by atoms with Gasteiger partial charge in [0.15, 0.2) is 0 Å². The van der Waals surface area contributed by atoms with Crippen molar-refractivity contribution < 1.29 is 4.79 Å². The molecule has 0 spiro atoms. The molecule has 2 aliphatic heterocycles. The van der Waals surface area contributed by atoms with Crippen LogP contribution in [-0.4, -0.2) is 19.0 Å². The lowest BCUT2D eigenvalue weighted by Crippen LogP contribution is -2.37. The summed E-state index contributed by atoms with van der Waals surface area (Å²) < 4.78 is 0. The molecule has 20 heavy (non-hydrogen) atoms. The van der Waals surface area contributed by atoms with Gasteiger partial charge in [-0.2, -0.15) is 0 Å². The molecule has 0 aromatic heterocycles. The molecule has 0 atom stereocenters. The van der Waals surface area contributed by atoms with E-state index in [9.17, 15) is 4.79 Å². The molecule has 0 aliphatic carbocycles. The van der Waals surface area contributed by atoms with Crippen LogP contribution in [0.5, 0.6) is 0 Å². The Morgan fingerprint density at radius 3 is 2.60 bits per heavy atom. The molecular formula is C16H23N3O. The van der Waals surface area contributed by atoms with Crippen molar-refractivity contribution in [2.75, 3.05) is 29.0 Å². The minimum absolute atomic E-state index is 0.105. The number of nitrogens with two attached hydrogens (primary N) is 1. The van der Waals surface area contributed by atoms with Gasteiger partial charge in [-0.15, -0.1) is 0 Å². The Kier molecular flexibility index (Phi) is 3.11. The second kappa shape index (κ2) is 4.69. The highest BCUT2D eigenvalue weighted by Gasteiger charge is 2.27. The standard InChI is InChI=1S/C16H23N3O/c1-16(2)5-7-19(8-6-16)14-10-13-11(9-12(14)17)3-4-15(20)18-13/h9-10H,3-8,17H2,1-2H3,(H,18,20). The highest BCUT2D eigenvalue weighted by Crippen LogP contribution is 2.37. The van der Waals surface area contributed by atoms with Crippen LogP contribution < -0.4 is 16.0 Å². The molecule has 4 nitrogen and oxygen atoms in total. The summed E-state index contributed by atoms with van der Waals surface area (Å²) in [7, 11) is 0. The van der Waals surface area contributed by atoms with Crippen LogP contribution in [0.2, 0.25) is 0 Å². The summed E-state index contributed by atoms with van der Waals surface area (Å²) >= 11 is 0. The first-order chi connectivity index (χ1) is 9.44. The Bertz CT molecular complexity index is 541. The van der Waals surface area contributed by atoms with Gasteiger partial charge in [0, 0.05) is 25.2 Å². The van der Waals surface area contributed by atoms with Gasteiger partial charge >= 0.3 is 0 Å². The van der Waals surface area contributed by atoms with Gasteiger partial charge in [0.1, 0.15) is 0 Å². The minimum Gasteiger partial charge on any atom is -0.397 e. The van der Waals surface area contributed by atoms with Gasteiger partial charge < -0.3 is 16.0 Å². The van der Waals surface area contributed by atoms with Crippen molar-refractivity contribution in [2.24, 2.45) is 5.41 Å². The topological polar surface area (TPSA) is 58.4 Å². The SMILES string of the molecule is CC1(C)CCN(c2cc3c(cc2N)CCC(=O)N3)CC1. The molecule has 108 valence electrons. The van der Waals surface area contributed by atoms with E-state index in [1.807, 2.05) is 6.07 Å². The number of anilines is 3. The zero-order chi connectivity index (χ0) is 14.3. The lowest BCUT2D eigenvalue weighted by Gasteiger charge is -2.39. The van der Waals surface area contributed by atoms with Crippen molar-refractivity contribution in [1.29, 1.82) is 0 Å². The number of rotatable bonds is 1. The van der Waals surface area contributed by atoms with E-state index in [4.69, 9.17) is 5.73 Å². The molecule has 3 rings (SSSR count). The van der Waals surface area contributed by atoms with Gasteiger partial charge in [-0.3, -0.25) is 4.79 Å². The third kappa shape index (κ3) is 2.47. The van der Waals surface area contributed by atoms with Gasteiger partial charge in [0.2, 0.25) is 5.91 Å². The third-order valence-corrected chi connectivity index (χ3v) is 4.61. The van der Waals surface area contributed by atoms with E-state index in [1.165, 1.54) is 12.8 Å². The summed E-state index contributed by atoms with van der Waals surface area (Å²) in [5.74, 6) is 0.105. The molecular weight excluding hydrogens is 250 g/mol. The smallest absolute Gasteiger partial charge is 0.224 e. The molecule has 1 saturated heterocycles. The van der Waals surface area contributed by atoms with Gasteiger partial charge in [-0.1, -0.05) is 13.8 Å². The first kappa shape index (κ1) is 13.3. The van der Waals surface area contributed by atoms with E-state index in [1.54, 1.807) is 0 Å². The van der Waals surface area contributed by atoms with Crippen LogP contribution in [0.3, 0.4) is 0 Å². The molecule has 0 unspecified atom stereocenters. The Morgan fingerprint density at radius 2 is 1.90 bits per heavy atom. The lowest BCUT2D eigenvalue weighted by molar-refractivity contribution is -0.116. The Hall–Kier alpha value is -1.71. The first-order valence-corrected chi connectivity index (χ1v) is 7.42. The van der Waals surface area contributed by atoms with Crippen LogP contribution >= 0.6 is 0 Å². The Balaban J connectivity index is 1.87. The fourth-order valence-electron chi connectivity index (χ4n) is 3.06. The van der Waals surface area contributed by atoms with E-state index >= 15 is 0 Å². The van der Waals surface area contributed by atoms with Crippen LogP contribution in [0.15, 0.2) is 12.1 Å². The van der Waals surface area contributed by atoms with E-state index in [2.05, 4.69) is 30.1 Å². The molecule has 0 bridgehead atoms. The van der Waals surface area contributed by atoms with E-state index < -0.39 is 0 Å². The van der Waals surface area contributed by atoms with E-state index in [0.717, 1.165) is 42.1 Å². The quantitative estimate of drug-likeness (QED) is 0.774. The van der Waals surface area contributed by atoms with Gasteiger partial charge in [-0.05, 0) is 42.4 Å². The molecule has 0 radical (unpaired) electrons. The Labute approximate surface area is 120 Å². The summed E-state index contributed by atoms with van der Waals surface area (Å²) in [6.45, 7) is 6.70. The number of nitrogen functional groups attached to an aromatic ring is 1. The van der Waals surface area contributed by atoms with E-state index in [0.29, 0.717) is 11.8 Å². The fourth-order valence-corrected chi connectivity index (χ4v) is 3.06. The van der Waals surface area contributed by atoms with Crippen molar-refractivity contribution in [2.45, 2.75) is 39.5 Å². The number of carbonyl (C=O) groups is 1. The van der Waals surface area contributed by atoms with Crippen molar-refractivity contribution in [3.8, 4) is 0 Å². The van der Waals surface area contributed by atoms with Crippen LogP contribution in [-0.2, 0) is 11.2 Å². The molecule has 4 heteroatoms. The molecule has 2 aliphatic rings. The zero-order valence-electron chi connectivity index (χ0n) is 12.3. The number of aryl methyl sites for hydroxylation is 1. The number of nitrogens with one attached hydrogen (secondary N) is 1. The maximum atomic E-state index is 11.5. The monoisotopic (exact) mass is 273 g/mol. The van der Waals surface area contributed by atoms with Crippen molar-refractivity contribution >= 4 is 23.0 Å². The number of fused-ring (bicyclic) bond motifs is 1. The molecule has 1 fully saturated rings. The summed E-state index contributed by atoms with van der Waals surface area (Å²) in [4.78, 5) is 13.9. The van der Waals surface area contributed by atoms with Crippen molar-refractivity contribution in [3.05, 3.63) is 17.7 Å². The summed E-state index contributed by atoms with van der Waals surface area (Å²) in [5.41, 5.74) is 10.6. The van der Waals surface area contributed by atoms with Crippen molar-refractivity contribution in [1.82, 2.24) is 0 Å². The molecule has 1 aromatic carbocycles. The van der Waals surface area contributed by atoms with Crippen LogP contribution in [0.25, 0.3) is 0 Å². The number of piperidine rings is 1. The molecule has 0 saturated carbocycles. The first-order valence-electron chi connectivity index (χ1n) is 7.42. The van der Waals surface area contributed by atoms with Crippen LogP contribution in [0.4, 0.5) is 17.1 Å². The average molecular weight is 273 g/mol. The lowest BCUT2D eigenvalue weighted by atomic mass is 9.82. The Morgan fingerprint density at radius 1 is 1.20 bits per heavy atom. The molecule has 3 N–H and O–H groups in total. The number of carbonyl (C=O) groups excluding carboxylic acids is 1. The highest BCUT2D eigenvalue weighted by molar-refractivity contribution is 5.95. The number of amides is 1. The maximum absolute atomic E-state index is 11.5. The average Bonchev–Trinajstić information content (AvgIpc) is 2.39. The summed E-state index contributed by atoms with van der Waals surface area (Å²) in [5, 5.41) is 2.96. The summed E-state index contributed by atoms with van der Waals surface area (Å²) in [6.07, 6.45) is 3.70. The maximum Gasteiger partial charge on any atom is 0.224 e. The fraction of sp³-hybridized carbons (Fsp3) is 0.562. The van der Waals surface area contributed by atoms with Gasteiger partial charge in [-0.25, -0.2) is 0 Å². The third-order valence-electron chi connectivity index (χ3n) is 4.61. The second-order valence-corrected chi connectivity index (χ2v) is 6.77. The van der Waals surface area contributed by atoms with Crippen molar-refractivity contribution in [3.63, 3.8) is 0 Å². The predicted molar refractivity (Wildman–Crippen MR) is 83.0 cm³/mol. The number of benzene rings is 1. The van der Waals surface area contributed by atoms with Gasteiger partial charge in [0.05, 0.1) is 11.4 Å². The normalized spacial score (nSPS) is 21.3. The number of hydrogen-bond donors (Lipinski definition) is 2. The molecule has 1 aromatic rings. The highest BCUT2D eigenvalue weighted by atomic mass is 16.1. The van der Waals surface area contributed by atoms with Crippen LogP contribution in [0.1, 0.15) is 38.7 Å². The van der Waals surface area contributed by atoms with E-state index in [-0.39, 0.29) is 5.91 Å². The predicted octanol–water partition coefficient (Wildman–Crippen LogP) is 2.78. The van der Waals surface area contributed by atoms with Gasteiger partial charge in [0.25, 0.3) is 0 Å². The molecule has 1 amide bonds. The molecule has 2 heterocycles. The minimum atomic E-state index is 0.105. The number of hydrogen-bond acceptors (Lipinski definition) is 3.